The third-order valence-electron chi connectivity index (χ3n) is 3.39. The van der Waals surface area contributed by atoms with Crippen LogP contribution >= 0.6 is 23.2 Å². The van der Waals surface area contributed by atoms with Gasteiger partial charge in [0.1, 0.15) is 6.10 Å². The molecule has 0 aromatic heterocycles. The van der Waals surface area contributed by atoms with Crippen molar-refractivity contribution in [2.75, 3.05) is 0 Å². The maximum Gasteiger partial charge on any atom is 0.169 e. The first-order chi connectivity index (χ1) is 8.51. The van der Waals surface area contributed by atoms with Crippen molar-refractivity contribution in [2.45, 2.75) is 44.7 Å². The molecule has 1 heterocycles. The van der Waals surface area contributed by atoms with Crippen LogP contribution in [0.25, 0.3) is 0 Å². The van der Waals surface area contributed by atoms with E-state index in [4.69, 9.17) is 32.7 Å². The predicted octanol–water partition coefficient (Wildman–Crippen LogP) is 4.80. The maximum absolute atomic E-state index is 6.21. The fourth-order valence-corrected chi connectivity index (χ4v) is 2.77. The molecule has 18 heavy (non-hydrogen) atoms. The first kappa shape index (κ1) is 14.1. The normalized spacial score (nSPS) is 26.5. The smallest absolute Gasteiger partial charge is 0.169 e. The average molecular weight is 288 g/mol. The summed E-state index contributed by atoms with van der Waals surface area (Å²) in [5, 5.41) is 1.20. The van der Waals surface area contributed by atoms with E-state index in [9.17, 15) is 0 Å². The van der Waals surface area contributed by atoms with Gasteiger partial charge in [0.05, 0.1) is 6.10 Å². The van der Waals surface area contributed by atoms with Gasteiger partial charge in [-0.25, -0.2) is 0 Å². The molecule has 1 radical (unpaired) electrons. The van der Waals surface area contributed by atoms with Crippen LogP contribution in [0.3, 0.4) is 0 Å². The highest BCUT2D eigenvalue weighted by Crippen LogP contribution is 2.43. The molecule has 1 saturated heterocycles. The molecule has 2 nitrogen and oxygen atoms in total. The zero-order valence-electron chi connectivity index (χ0n) is 10.6. The largest absolute Gasteiger partial charge is 0.344 e. The minimum atomic E-state index is -0.542. The summed E-state index contributed by atoms with van der Waals surface area (Å²) in [7, 11) is 0. The van der Waals surface area contributed by atoms with Gasteiger partial charge in [0.25, 0.3) is 0 Å². The van der Waals surface area contributed by atoms with Crippen molar-refractivity contribution in [2.24, 2.45) is 0 Å². The monoisotopic (exact) mass is 287 g/mol. The van der Waals surface area contributed by atoms with Gasteiger partial charge in [-0.05, 0) is 31.9 Å². The molecule has 0 bridgehead atoms. The molecule has 4 heteroatoms. The van der Waals surface area contributed by atoms with Crippen molar-refractivity contribution >= 4 is 23.2 Å². The Hall–Kier alpha value is -0.280. The van der Waals surface area contributed by atoms with Crippen molar-refractivity contribution in [1.82, 2.24) is 0 Å². The highest BCUT2D eigenvalue weighted by Gasteiger charge is 2.44. The Labute approximate surface area is 118 Å². The van der Waals surface area contributed by atoms with Crippen molar-refractivity contribution in [1.29, 1.82) is 0 Å². The molecule has 1 fully saturated rings. The number of hydrogen-bond donors (Lipinski definition) is 0. The second-order valence-corrected chi connectivity index (χ2v) is 5.32. The first-order valence-corrected chi connectivity index (χ1v) is 6.90. The number of hydrogen-bond acceptors (Lipinski definition) is 2. The van der Waals surface area contributed by atoms with Crippen LogP contribution in [0.1, 0.15) is 38.4 Å². The highest BCUT2D eigenvalue weighted by molar-refractivity contribution is 6.35. The van der Waals surface area contributed by atoms with Gasteiger partial charge in [-0.2, -0.15) is 0 Å². The van der Waals surface area contributed by atoms with E-state index in [1.165, 1.54) is 0 Å². The van der Waals surface area contributed by atoms with Crippen molar-refractivity contribution in [3.8, 4) is 0 Å². The molecule has 2 rings (SSSR count). The van der Waals surface area contributed by atoms with Crippen molar-refractivity contribution < 1.29 is 9.47 Å². The molecular weight excluding hydrogens is 271 g/mol. The number of halogens is 2. The van der Waals surface area contributed by atoms with E-state index < -0.39 is 5.79 Å². The van der Waals surface area contributed by atoms with Gasteiger partial charge in [0.15, 0.2) is 5.79 Å². The summed E-state index contributed by atoms with van der Waals surface area (Å²) in [4.78, 5) is 0. The van der Waals surface area contributed by atoms with Gasteiger partial charge in [0, 0.05) is 15.6 Å². The predicted molar refractivity (Wildman–Crippen MR) is 73.8 cm³/mol. The Morgan fingerprint density at radius 1 is 1.22 bits per heavy atom. The van der Waals surface area contributed by atoms with E-state index in [0.29, 0.717) is 10.0 Å². The van der Waals surface area contributed by atoms with E-state index in [2.05, 4.69) is 6.92 Å². The number of rotatable bonds is 3. The summed E-state index contributed by atoms with van der Waals surface area (Å²) in [5.74, 6) is -0.542. The van der Waals surface area contributed by atoms with E-state index in [1.54, 1.807) is 12.1 Å². The van der Waals surface area contributed by atoms with Crippen LogP contribution in [0.15, 0.2) is 18.2 Å². The second kappa shape index (κ2) is 5.38. The molecule has 2 atom stereocenters. The van der Waals surface area contributed by atoms with E-state index in [0.717, 1.165) is 18.4 Å². The molecular formula is C14H17Cl2O2. The van der Waals surface area contributed by atoms with Crippen LogP contribution < -0.4 is 0 Å². The number of ether oxygens (including phenoxy) is 2. The summed E-state index contributed by atoms with van der Waals surface area (Å²) in [6, 6.07) is 5.39. The Kier molecular flexibility index (Phi) is 4.22. The Balaban J connectivity index is 2.29. The van der Waals surface area contributed by atoms with Gasteiger partial charge in [-0.15, -0.1) is 0 Å². The zero-order valence-corrected chi connectivity index (χ0v) is 12.1. The second-order valence-electron chi connectivity index (χ2n) is 4.48. The molecule has 1 aromatic rings. The fourth-order valence-electron chi connectivity index (χ4n) is 2.25. The van der Waals surface area contributed by atoms with Crippen LogP contribution in [0.4, 0.5) is 0 Å². The average Bonchev–Trinajstić information content (AvgIpc) is 2.67. The van der Waals surface area contributed by atoms with Crippen molar-refractivity contribution in [3.63, 3.8) is 0 Å². The third kappa shape index (κ3) is 2.53. The van der Waals surface area contributed by atoms with Gasteiger partial charge in [-0.1, -0.05) is 43.1 Å². The molecule has 0 amide bonds. The summed E-state index contributed by atoms with van der Waals surface area (Å²) in [6.45, 7) is 8.10. The molecule has 0 saturated carbocycles. The maximum atomic E-state index is 6.21. The Morgan fingerprint density at radius 3 is 2.39 bits per heavy atom. The lowest BCUT2D eigenvalue weighted by Crippen LogP contribution is -2.28. The van der Waals surface area contributed by atoms with Gasteiger partial charge in [0.2, 0.25) is 0 Å². The SMILES string of the molecule is [CH2][C@H]1OC(CC)(CC)O[C@@H]1c1ccc(Cl)cc1Cl. The number of benzene rings is 1. The standard InChI is InChI=1S/C14H17Cl2O2/c1-4-14(5-2)17-9(3)13(18-14)11-7-6-10(15)8-12(11)16/h6-9,13H,3-5H2,1-2H3/t9-,13+/m1/s1. The molecule has 1 aliphatic rings. The van der Waals surface area contributed by atoms with Crippen molar-refractivity contribution in [3.05, 3.63) is 40.7 Å². The molecule has 99 valence electrons. The molecule has 0 N–H and O–H groups in total. The molecule has 0 spiro atoms. The van der Waals surface area contributed by atoms with Crippen LogP contribution in [-0.2, 0) is 9.47 Å². The summed E-state index contributed by atoms with van der Waals surface area (Å²) in [5.41, 5.74) is 0.879. The summed E-state index contributed by atoms with van der Waals surface area (Å²) >= 11 is 12.1. The van der Waals surface area contributed by atoms with Crippen LogP contribution in [0, 0.1) is 6.92 Å². The molecule has 1 aliphatic heterocycles. The minimum Gasteiger partial charge on any atom is -0.344 e. The Morgan fingerprint density at radius 2 is 1.89 bits per heavy atom. The minimum absolute atomic E-state index is 0.241. The zero-order chi connectivity index (χ0) is 13.3. The quantitative estimate of drug-likeness (QED) is 0.795. The summed E-state index contributed by atoms with van der Waals surface area (Å²) < 4.78 is 11.9. The highest BCUT2D eigenvalue weighted by atomic mass is 35.5. The fraction of sp³-hybridized carbons (Fsp3) is 0.500. The molecule has 1 aromatic carbocycles. The van der Waals surface area contributed by atoms with Gasteiger partial charge < -0.3 is 9.47 Å². The van der Waals surface area contributed by atoms with E-state index in [1.807, 2.05) is 19.9 Å². The third-order valence-corrected chi connectivity index (χ3v) is 3.95. The molecule has 0 aliphatic carbocycles. The lowest BCUT2D eigenvalue weighted by atomic mass is 10.1. The van der Waals surface area contributed by atoms with Crippen LogP contribution in [0.5, 0.6) is 0 Å². The van der Waals surface area contributed by atoms with Crippen LogP contribution in [-0.4, -0.2) is 11.9 Å². The Bertz CT molecular complexity index is 430. The lowest BCUT2D eigenvalue weighted by molar-refractivity contribution is -0.177. The lowest BCUT2D eigenvalue weighted by Gasteiger charge is -2.25. The first-order valence-electron chi connectivity index (χ1n) is 6.15. The molecule has 0 unspecified atom stereocenters. The van der Waals surface area contributed by atoms with Gasteiger partial charge in [-0.3, -0.25) is 0 Å². The van der Waals surface area contributed by atoms with Gasteiger partial charge >= 0.3 is 0 Å². The van der Waals surface area contributed by atoms with E-state index in [-0.39, 0.29) is 12.2 Å². The van der Waals surface area contributed by atoms with E-state index >= 15 is 0 Å². The summed E-state index contributed by atoms with van der Waals surface area (Å²) in [6.07, 6.45) is 1.08. The topological polar surface area (TPSA) is 18.5 Å². The van der Waals surface area contributed by atoms with Crippen LogP contribution in [0.2, 0.25) is 10.0 Å².